The van der Waals surface area contributed by atoms with Crippen molar-refractivity contribution >= 4 is 0 Å². The Kier molecular flexibility index (Phi) is 2.73. The molecule has 0 radical (unpaired) electrons. The van der Waals surface area contributed by atoms with Gasteiger partial charge in [0, 0.05) is 18.3 Å². The van der Waals surface area contributed by atoms with Gasteiger partial charge in [0.15, 0.2) is 11.6 Å². The molecule has 106 valence electrons. The molecule has 0 aliphatic heterocycles. The molecule has 0 bridgehead atoms. The normalized spacial score (nSPS) is 14.5. The number of aryl methyl sites for hydroxylation is 1. The predicted octanol–water partition coefficient (Wildman–Crippen LogP) is 1.35. The molecule has 0 N–H and O–H groups in total. The van der Waals surface area contributed by atoms with Gasteiger partial charge in [-0.05, 0) is 36.6 Å². The minimum atomic E-state index is 0.350. The fourth-order valence-corrected chi connectivity index (χ4v) is 2.06. The molecule has 0 spiro atoms. The molecule has 0 saturated heterocycles. The minimum absolute atomic E-state index is 0.350. The van der Waals surface area contributed by atoms with Crippen LogP contribution in [0.3, 0.4) is 0 Å². The molecule has 1 fully saturated rings. The van der Waals surface area contributed by atoms with Crippen molar-refractivity contribution in [3.8, 4) is 11.5 Å². The SMILES string of the molecule is Cc1cncc(-c2nc(Cn3nnc(C4CC4)n3)no2)c1. The maximum Gasteiger partial charge on any atom is 0.259 e. The Morgan fingerprint density at radius 1 is 1.33 bits per heavy atom. The van der Waals surface area contributed by atoms with Crippen molar-refractivity contribution in [1.29, 1.82) is 0 Å². The van der Waals surface area contributed by atoms with E-state index >= 15 is 0 Å². The van der Waals surface area contributed by atoms with Crippen molar-refractivity contribution in [3.05, 3.63) is 35.7 Å². The molecular weight excluding hydrogens is 270 g/mol. The lowest BCUT2D eigenvalue weighted by Gasteiger charge is -1.94. The molecule has 8 nitrogen and oxygen atoms in total. The summed E-state index contributed by atoms with van der Waals surface area (Å²) in [6.07, 6.45) is 5.78. The monoisotopic (exact) mass is 283 g/mol. The zero-order valence-corrected chi connectivity index (χ0v) is 11.5. The first kappa shape index (κ1) is 12.1. The molecule has 21 heavy (non-hydrogen) atoms. The number of hydrogen-bond donors (Lipinski definition) is 0. The lowest BCUT2D eigenvalue weighted by molar-refractivity contribution is 0.414. The minimum Gasteiger partial charge on any atom is -0.334 e. The zero-order valence-electron chi connectivity index (χ0n) is 11.5. The Morgan fingerprint density at radius 3 is 3.05 bits per heavy atom. The van der Waals surface area contributed by atoms with Crippen LogP contribution < -0.4 is 0 Å². The standard InChI is InChI=1S/C13H13N7O/c1-8-4-10(6-14-5-8)13-15-11(18-21-13)7-20-17-12(16-19-20)9-2-3-9/h4-6,9H,2-3,7H2,1H3. The van der Waals surface area contributed by atoms with Crippen molar-refractivity contribution in [1.82, 2.24) is 35.3 Å². The third-order valence-electron chi connectivity index (χ3n) is 3.28. The van der Waals surface area contributed by atoms with Crippen molar-refractivity contribution in [2.75, 3.05) is 0 Å². The van der Waals surface area contributed by atoms with Crippen LogP contribution in [0.25, 0.3) is 11.5 Å². The Hall–Kier alpha value is -2.64. The van der Waals surface area contributed by atoms with Gasteiger partial charge in [-0.2, -0.15) is 9.78 Å². The quantitative estimate of drug-likeness (QED) is 0.713. The van der Waals surface area contributed by atoms with E-state index in [1.165, 1.54) is 4.80 Å². The second-order valence-corrected chi connectivity index (χ2v) is 5.22. The summed E-state index contributed by atoms with van der Waals surface area (Å²) in [6.45, 7) is 2.31. The smallest absolute Gasteiger partial charge is 0.259 e. The molecule has 4 rings (SSSR count). The Labute approximate surface area is 120 Å². The van der Waals surface area contributed by atoms with Crippen LogP contribution in [-0.2, 0) is 6.54 Å². The van der Waals surface area contributed by atoms with Gasteiger partial charge >= 0.3 is 0 Å². The van der Waals surface area contributed by atoms with E-state index in [1.54, 1.807) is 12.4 Å². The van der Waals surface area contributed by atoms with Crippen LogP contribution in [0.15, 0.2) is 23.0 Å². The van der Waals surface area contributed by atoms with Crippen LogP contribution in [0.5, 0.6) is 0 Å². The average Bonchev–Trinajstić information content (AvgIpc) is 3.05. The summed E-state index contributed by atoms with van der Waals surface area (Å²) in [5, 5.41) is 16.3. The number of nitrogens with zero attached hydrogens (tertiary/aromatic N) is 7. The Balaban J connectivity index is 1.53. The predicted molar refractivity (Wildman–Crippen MR) is 71.2 cm³/mol. The Bertz CT molecular complexity index is 774. The number of hydrogen-bond acceptors (Lipinski definition) is 7. The molecule has 0 aromatic carbocycles. The Morgan fingerprint density at radius 2 is 2.24 bits per heavy atom. The first-order chi connectivity index (χ1) is 10.3. The first-order valence-electron chi connectivity index (χ1n) is 6.80. The summed E-state index contributed by atoms with van der Waals surface area (Å²) in [5.74, 6) is 2.26. The molecular formula is C13H13N7O. The van der Waals surface area contributed by atoms with Crippen LogP contribution in [0.1, 0.15) is 36.0 Å². The highest BCUT2D eigenvalue weighted by molar-refractivity contribution is 5.51. The molecule has 3 aromatic heterocycles. The van der Waals surface area contributed by atoms with Gasteiger partial charge in [-0.1, -0.05) is 5.16 Å². The van der Waals surface area contributed by atoms with Crippen LogP contribution in [0, 0.1) is 6.92 Å². The maximum absolute atomic E-state index is 5.25. The van der Waals surface area contributed by atoms with E-state index in [2.05, 4.69) is 30.5 Å². The summed E-state index contributed by atoms with van der Waals surface area (Å²) < 4.78 is 5.25. The third kappa shape index (κ3) is 2.51. The summed E-state index contributed by atoms with van der Waals surface area (Å²) in [6, 6.07) is 1.95. The van der Waals surface area contributed by atoms with E-state index in [4.69, 9.17) is 4.52 Å². The van der Waals surface area contributed by atoms with Gasteiger partial charge in [-0.3, -0.25) is 4.98 Å². The number of aromatic nitrogens is 7. The molecule has 0 unspecified atom stereocenters. The molecule has 0 amide bonds. The lowest BCUT2D eigenvalue weighted by Crippen LogP contribution is -2.05. The van der Waals surface area contributed by atoms with Gasteiger partial charge in [0.2, 0.25) is 0 Å². The largest absolute Gasteiger partial charge is 0.334 e. The second-order valence-electron chi connectivity index (χ2n) is 5.22. The third-order valence-corrected chi connectivity index (χ3v) is 3.28. The number of pyridine rings is 1. The highest BCUT2D eigenvalue weighted by Crippen LogP contribution is 2.37. The van der Waals surface area contributed by atoms with Crippen LogP contribution in [-0.4, -0.2) is 35.3 Å². The molecule has 1 aliphatic rings. The van der Waals surface area contributed by atoms with E-state index in [-0.39, 0.29) is 0 Å². The highest BCUT2D eigenvalue weighted by Gasteiger charge is 2.28. The topological polar surface area (TPSA) is 95.4 Å². The van der Waals surface area contributed by atoms with Crippen molar-refractivity contribution in [2.45, 2.75) is 32.2 Å². The summed E-state index contributed by atoms with van der Waals surface area (Å²) in [7, 11) is 0. The molecule has 1 saturated carbocycles. The van der Waals surface area contributed by atoms with E-state index in [0.29, 0.717) is 24.2 Å². The van der Waals surface area contributed by atoms with E-state index in [0.717, 1.165) is 29.8 Å². The fraction of sp³-hybridized carbons (Fsp3) is 0.385. The van der Waals surface area contributed by atoms with Crippen LogP contribution >= 0.6 is 0 Å². The fourth-order valence-electron chi connectivity index (χ4n) is 2.06. The molecule has 1 aliphatic carbocycles. The maximum atomic E-state index is 5.25. The summed E-state index contributed by atoms with van der Waals surface area (Å²) >= 11 is 0. The van der Waals surface area contributed by atoms with E-state index in [1.807, 2.05) is 13.0 Å². The van der Waals surface area contributed by atoms with Gasteiger partial charge in [0.1, 0.15) is 6.54 Å². The van der Waals surface area contributed by atoms with Crippen molar-refractivity contribution in [2.24, 2.45) is 0 Å². The van der Waals surface area contributed by atoms with Crippen LogP contribution in [0.2, 0.25) is 0 Å². The van der Waals surface area contributed by atoms with Crippen molar-refractivity contribution in [3.63, 3.8) is 0 Å². The lowest BCUT2D eigenvalue weighted by atomic mass is 10.2. The van der Waals surface area contributed by atoms with Gasteiger partial charge in [-0.25, -0.2) is 0 Å². The zero-order chi connectivity index (χ0) is 14.2. The second kappa shape index (κ2) is 4.72. The van der Waals surface area contributed by atoms with Gasteiger partial charge in [0.05, 0.1) is 5.56 Å². The van der Waals surface area contributed by atoms with E-state index < -0.39 is 0 Å². The van der Waals surface area contributed by atoms with Crippen LogP contribution in [0.4, 0.5) is 0 Å². The number of tetrazole rings is 1. The summed E-state index contributed by atoms with van der Waals surface area (Å²) in [4.78, 5) is 9.95. The average molecular weight is 283 g/mol. The van der Waals surface area contributed by atoms with E-state index in [9.17, 15) is 0 Å². The van der Waals surface area contributed by atoms with Gasteiger partial charge in [-0.15, -0.1) is 10.2 Å². The number of rotatable bonds is 4. The van der Waals surface area contributed by atoms with Crippen molar-refractivity contribution < 1.29 is 4.52 Å². The first-order valence-corrected chi connectivity index (χ1v) is 6.80. The molecule has 3 aromatic rings. The highest BCUT2D eigenvalue weighted by atomic mass is 16.5. The molecule has 8 heteroatoms. The molecule has 3 heterocycles. The van der Waals surface area contributed by atoms with Gasteiger partial charge < -0.3 is 4.52 Å². The molecule has 0 atom stereocenters. The van der Waals surface area contributed by atoms with Gasteiger partial charge in [0.25, 0.3) is 5.89 Å². The summed E-state index contributed by atoms with van der Waals surface area (Å²) in [5.41, 5.74) is 1.85.